The lowest BCUT2D eigenvalue weighted by atomic mass is 10.2. The molecule has 0 radical (unpaired) electrons. The Kier molecular flexibility index (Phi) is 2.44. The molecule has 3 N–H and O–H groups in total. The summed E-state index contributed by atoms with van der Waals surface area (Å²) in [5, 5.41) is 10.7. The number of anilines is 1. The Morgan fingerprint density at radius 1 is 1.83 bits per heavy atom. The van der Waals surface area contributed by atoms with Crippen molar-refractivity contribution in [3.05, 3.63) is 17.2 Å². The third-order valence-corrected chi connectivity index (χ3v) is 1.99. The molecule has 1 heterocycles. The predicted molar refractivity (Wildman–Crippen MR) is 47.8 cm³/mol. The van der Waals surface area contributed by atoms with Crippen molar-refractivity contribution >= 4 is 28.0 Å². The fraction of sp³-hybridized carbons (Fsp3) is 0.143. The molecule has 0 unspecified atom stereocenters. The number of nitrogens with zero attached hydrogens (tertiary/aromatic N) is 1. The van der Waals surface area contributed by atoms with Crippen LogP contribution in [0, 0.1) is 0 Å². The zero-order valence-electron chi connectivity index (χ0n) is 6.44. The number of rotatable bonds is 2. The number of aromatic nitrogens is 1. The Bertz CT molecular complexity index is 330. The van der Waals surface area contributed by atoms with Gasteiger partial charge < -0.3 is 10.8 Å². The van der Waals surface area contributed by atoms with Crippen LogP contribution in [0.4, 0.5) is 5.13 Å². The molecule has 0 aliphatic carbocycles. The summed E-state index contributed by atoms with van der Waals surface area (Å²) in [5.74, 6) is -0.984. The van der Waals surface area contributed by atoms with Gasteiger partial charge in [0.25, 0.3) is 0 Å². The molecule has 0 aliphatic rings. The predicted octanol–water partition coefficient (Wildman–Crippen LogP) is 1.21. The number of carboxylic acids is 1. The van der Waals surface area contributed by atoms with E-state index in [0.717, 1.165) is 0 Å². The van der Waals surface area contributed by atoms with Crippen LogP contribution in [-0.2, 0) is 4.79 Å². The monoisotopic (exact) mass is 184 g/mol. The Labute approximate surface area is 73.4 Å². The van der Waals surface area contributed by atoms with Crippen LogP contribution in [0.1, 0.15) is 12.6 Å². The van der Waals surface area contributed by atoms with Crippen LogP contribution in [-0.4, -0.2) is 16.1 Å². The van der Waals surface area contributed by atoms with Crippen molar-refractivity contribution in [1.29, 1.82) is 0 Å². The number of nitrogens with two attached hydrogens (primary N) is 1. The van der Waals surface area contributed by atoms with Gasteiger partial charge in [-0.1, -0.05) is 6.08 Å². The highest BCUT2D eigenvalue weighted by atomic mass is 32.1. The van der Waals surface area contributed by atoms with Gasteiger partial charge in [-0.3, -0.25) is 0 Å². The molecular formula is C7H8N2O2S. The molecule has 0 aliphatic heterocycles. The fourth-order valence-electron chi connectivity index (χ4n) is 0.792. The number of nitrogen functional groups attached to an aromatic ring is 1. The van der Waals surface area contributed by atoms with Crippen molar-refractivity contribution in [3.63, 3.8) is 0 Å². The van der Waals surface area contributed by atoms with Crippen molar-refractivity contribution < 1.29 is 9.90 Å². The Balaban J connectivity index is 3.04. The van der Waals surface area contributed by atoms with E-state index < -0.39 is 5.97 Å². The third kappa shape index (κ3) is 1.62. The van der Waals surface area contributed by atoms with Crippen LogP contribution in [0.25, 0.3) is 5.57 Å². The van der Waals surface area contributed by atoms with E-state index in [2.05, 4.69) is 4.98 Å². The molecule has 4 nitrogen and oxygen atoms in total. The lowest BCUT2D eigenvalue weighted by Crippen LogP contribution is -1.99. The third-order valence-electron chi connectivity index (χ3n) is 1.32. The van der Waals surface area contributed by atoms with Crippen LogP contribution in [0.15, 0.2) is 11.5 Å². The number of aliphatic carboxylic acids is 1. The van der Waals surface area contributed by atoms with Gasteiger partial charge in [0.2, 0.25) is 0 Å². The molecule has 0 saturated carbocycles. The Morgan fingerprint density at radius 3 is 2.83 bits per heavy atom. The molecule has 0 amide bonds. The SMILES string of the molecule is C/C=C(/C(=O)O)c1csc(N)n1. The summed E-state index contributed by atoms with van der Waals surface area (Å²) in [7, 11) is 0. The summed E-state index contributed by atoms with van der Waals surface area (Å²) >= 11 is 1.23. The normalized spacial score (nSPS) is 11.6. The van der Waals surface area contributed by atoms with Crippen molar-refractivity contribution in [2.75, 3.05) is 5.73 Å². The van der Waals surface area contributed by atoms with E-state index in [9.17, 15) is 4.79 Å². The first-order valence-electron chi connectivity index (χ1n) is 3.26. The molecule has 1 aromatic rings. The smallest absolute Gasteiger partial charge is 0.337 e. The first kappa shape index (κ1) is 8.73. The van der Waals surface area contributed by atoms with E-state index in [1.165, 1.54) is 17.4 Å². The summed E-state index contributed by atoms with van der Waals surface area (Å²) in [4.78, 5) is 14.4. The zero-order chi connectivity index (χ0) is 9.14. The van der Waals surface area contributed by atoms with Gasteiger partial charge in [0.1, 0.15) is 0 Å². The number of carboxylic acid groups (broad SMARTS) is 1. The molecule has 1 aromatic heterocycles. The minimum Gasteiger partial charge on any atom is -0.478 e. The molecule has 0 aromatic carbocycles. The summed E-state index contributed by atoms with van der Waals surface area (Å²) in [6.45, 7) is 1.65. The fourth-order valence-corrected chi connectivity index (χ4v) is 1.36. The number of allylic oxidation sites excluding steroid dienone is 1. The van der Waals surface area contributed by atoms with E-state index in [-0.39, 0.29) is 5.57 Å². The van der Waals surface area contributed by atoms with E-state index >= 15 is 0 Å². The second-order valence-corrected chi connectivity index (χ2v) is 2.97. The number of hydrogen-bond acceptors (Lipinski definition) is 4. The van der Waals surface area contributed by atoms with Crippen LogP contribution >= 0.6 is 11.3 Å². The van der Waals surface area contributed by atoms with Crippen molar-refractivity contribution in [2.24, 2.45) is 0 Å². The van der Waals surface area contributed by atoms with Crippen LogP contribution in [0.5, 0.6) is 0 Å². The second-order valence-electron chi connectivity index (χ2n) is 2.08. The molecule has 0 bridgehead atoms. The number of thiazole rings is 1. The molecule has 0 atom stereocenters. The molecule has 5 heteroatoms. The maximum absolute atomic E-state index is 10.6. The van der Waals surface area contributed by atoms with Gasteiger partial charge in [-0.05, 0) is 6.92 Å². The van der Waals surface area contributed by atoms with Gasteiger partial charge in [-0.2, -0.15) is 0 Å². The quantitative estimate of drug-likeness (QED) is 0.677. The Hall–Kier alpha value is -1.36. The topological polar surface area (TPSA) is 76.2 Å². The van der Waals surface area contributed by atoms with Crippen LogP contribution < -0.4 is 5.73 Å². The van der Waals surface area contributed by atoms with Gasteiger partial charge in [0.05, 0.1) is 11.3 Å². The maximum atomic E-state index is 10.6. The summed E-state index contributed by atoms with van der Waals surface area (Å²) in [6.07, 6.45) is 1.50. The first-order valence-corrected chi connectivity index (χ1v) is 4.14. The second kappa shape index (κ2) is 3.36. The Morgan fingerprint density at radius 2 is 2.50 bits per heavy atom. The van der Waals surface area contributed by atoms with Gasteiger partial charge >= 0.3 is 5.97 Å². The standard InChI is InChI=1S/C7H8N2O2S/c1-2-4(6(10)11)5-3-12-7(8)9-5/h2-3H,1H3,(H2,8,9)(H,10,11)/b4-2+. The number of hydrogen-bond donors (Lipinski definition) is 2. The van der Waals surface area contributed by atoms with E-state index in [1.807, 2.05) is 0 Å². The van der Waals surface area contributed by atoms with Crippen LogP contribution in [0.2, 0.25) is 0 Å². The molecule has 0 spiro atoms. The minimum absolute atomic E-state index is 0.183. The van der Waals surface area contributed by atoms with Crippen molar-refractivity contribution in [2.45, 2.75) is 6.92 Å². The molecular weight excluding hydrogens is 176 g/mol. The maximum Gasteiger partial charge on any atom is 0.337 e. The highest BCUT2D eigenvalue weighted by molar-refractivity contribution is 7.13. The average molecular weight is 184 g/mol. The first-order chi connectivity index (χ1) is 5.65. The summed E-state index contributed by atoms with van der Waals surface area (Å²) in [6, 6.07) is 0. The average Bonchev–Trinajstić information content (AvgIpc) is 2.37. The molecule has 12 heavy (non-hydrogen) atoms. The summed E-state index contributed by atoms with van der Waals surface area (Å²) < 4.78 is 0. The zero-order valence-corrected chi connectivity index (χ0v) is 7.26. The van der Waals surface area contributed by atoms with Gasteiger partial charge in [0, 0.05) is 5.38 Å². The van der Waals surface area contributed by atoms with Gasteiger partial charge in [-0.15, -0.1) is 11.3 Å². The lowest BCUT2D eigenvalue weighted by Gasteiger charge is -1.93. The molecule has 0 saturated heterocycles. The van der Waals surface area contributed by atoms with Gasteiger partial charge in [0.15, 0.2) is 5.13 Å². The van der Waals surface area contributed by atoms with Crippen LogP contribution in [0.3, 0.4) is 0 Å². The molecule has 0 fully saturated rings. The summed E-state index contributed by atoms with van der Waals surface area (Å²) in [5.41, 5.74) is 5.97. The lowest BCUT2D eigenvalue weighted by molar-refractivity contribution is -0.130. The highest BCUT2D eigenvalue weighted by Crippen LogP contribution is 2.18. The van der Waals surface area contributed by atoms with E-state index in [4.69, 9.17) is 10.8 Å². The highest BCUT2D eigenvalue weighted by Gasteiger charge is 2.11. The van der Waals surface area contributed by atoms with Crippen molar-refractivity contribution in [1.82, 2.24) is 4.98 Å². The van der Waals surface area contributed by atoms with Gasteiger partial charge in [-0.25, -0.2) is 9.78 Å². The largest absolute Gasteiger partial charge is 0.478 e. The minimum atomic E-state index is -0.984. The van der Waals surface area contributed by atoms with Crippen molar-refractivity contribution in [3.8, 4) is 0 Å². The molecule has 1 rings (SSSR count). The molecule has 64 valence electrons. The number of carbonyl (C=O) groups is 1. The van der Waals surface area contributed by atoms with E-state index in [0.29, 0.717) is 10.8 Å². The van der Waals surface area contributed by atoms with E-state index in [1.54, 1.807) is 12.3 Å².